The van der Waals surface area contributed by atoms with Crippen LogP contribution >= 0.6 is 0 Å². The summed E-state index contributed by atoms with van der Waals surface area (Å²) in [6, 6.07) is 4.36. The molecule has 1 unspecified atom stereocenters. The zero-order valence-electron chi connectivity index (χ0n) is 10.8. The SMILES string of the molecule is Cc1cnc(N)c2c1-c1ncccc1C(C)N2C. The third-order valence-electron chi connectivity index (χ3n) is 3.73. The van der Waals surface area contributed by atoms with Crippen molar-refractivity contribution in [2.75, 3.05) is 17.7 Å². The maximum absolute atomic E-state index is 6.04. The van der Waals surface area contributed by atoms with Crippen molar-refractivity contribution < 1.29 is 0 Å². The Morgan fingerprint density at radius 1 is 1.33 bits per heavy atom. The van der Waals surface area contributed by atoms with Crippen LogP contribution in [0.25, 0.3) is 11.3 Å². The van der Waals surface area contributed by atoms with E-state index in [0.717, 1.165) is 22.5 Å². The normalized spacial score (nSPS) is 17.3. The van der Waals surface area contributed by atoms with E-state index in [-0.39, 0.29) is 6.04 Å². The fourth-order valence-electron chi connectivity index (χ4n) is 2.63. The van der Waals surface area contributed by atoms with E-state index in [0.29, 0.717) is 5.82 Å². The van der Waals surface area contributed by atoms with Gasteiger partial charge in [-0.2, -0.15) is 0 Å². The molecule has 3 rings (SSSR count). The molecule has 0 fully saturated rings. The summed E-state index contributed by atoms with van der Waals surface area (Å²) in [6.07, 6.45) is 3.65. The Bertz CT molecular complexity index is 621. The van der Waals surface area contributed by atoms with E-state index in [9.17, 15) is 0 Å². The number of fused-ring (bicyclic) bond motifs is 3. The van der Waals surface area contributed by atoms with Crippen LogP contribution in [0.15, 0.2) is 24.5 Å². The van der Waals surface area contributed by atoms with Crippen molar-refractivity contribution in [3.63, 3.8) is 0 Å². The number of aryl methyl sites for hydroxylation is 1. The predicted octanol–water partition coefficient (Wildman–Crippen LogP) is 2.55. The van der Waals surface area contributed by atoms with E-state index in [2.05, 4.69) is 34.9 Å². The van der Waals surface area contributed by atoms with E-state index in [4.69, 9.17) is 5.73 Å². The van der Waals surface area contributed by atoms with Crippen LogP contribution in [-0.4, -0.2) is 17.0 Å². The van der Waals surface area contributed by atoms with E-state index >= 15 is 0 Å². The van der Waals surface area contributed by atoms with Gasteiger partial charge in [-0.05, 0) is 25.5 Å². The lowest BCUT2D eigenvalue weighted by atomic mass is 9.91. The molecule has 1 atom stereocenters. The Hall–Kier alpha value is -2.10. The minimum Gasteiger partial charge on any atom is -0.382 e. The molecule has 0 saturated heterocycles. The highest BCUT2D eigenvalue weighted by Gasteiger charge is 2.29. The molecule has 0 aliphatic carbocycles. The molecule has 4 heteroatoms. The minimum atomic E-state index is 0.257. The number of anilines is 2. The molecule has 3 heterocycles. The smallest absolute Gasteiger partial charge is 0.147 e. The summed E-state index contributed by atoms with van der Waals surface area (Å²) in [5.74, 6) is 0.571. The molecular weight excluding hydrogens is 224 g/mol. The van der Waals surface area contributed by atoms with Crippen molar-refractivity contribution in [1.82, 2.24) is 9.97 Å². The molecular formula is C14H16N4. The van der Waals surface area contributed by atoms with Crippen LogP contribution in [-0.2, 0) is 0 Å². The van der Waals surface area contributed by atoms with Crippen LogP contribution in [0.3, 0.4) is 0 Å². The van der Waals surface area contributed by atoms with Gasteiger partial charge < -0.3 is 10.6 Å². The van der Waals surface area contributed by atoms with Crippen molar-refractivity contribution in [3.05, 3.63) is 35.7 Å². The molecule has 2 aromatic rings. The summed E-state index contributed by atoms with van der Waals surface area (Å²) in [4.78, 5) is 11.0. The van der Waals surface area contributed by atoms with E-state index in [1.807, 2.05) is 25.4 Å². The molecule has 1 aliphatic rings. The average Bonchev–Trinajstić information content (AvgIpc) is 2.38. The van der Waals surface area contributed by atoms with Gasteiger partial charge in [0.25, 0.3) is 0 Å². The molecule has 18 heavy (non-hydrogen) atoms. The fourth-order valence-corrected chi connectivity index (χ4v) is 2.63. The second kappa shape index (κ2) is 3.70. The molecule has 0 bridgehead atoms. The number of nitrogens with two attached hydrogens (primary N) is 1. The van der Waals surface area contributed by atoms with Gasteiger partial charge in [0.1, 0.15) is 5.82 Å². The Balaban J connectivity index is 2.41. The largest absolute Gasteiger partial charge is 0.382 e. The molecule has 2 N–H and O–H groups in total. The van der Waals surface area contributed by atoms with E-state index in [1.54, 1.807) is 0 Å². The Labute approximate surface area is 106 Å². The Morgan fingerprint density at radius 2 is 2.11 bits per heavy atom. The topological polar surface area (TPSA) is 55.0 Å². The summed E-state index contributed by atoms with van der Waals surface area (Å²) >= 11 is 0. The quantitative estimate of drug-likeness (QED) is 0.769. The number of hydrogen-bond acceptors (Lipinski definition) is 4. The number of nitrogen functional groups attached to an aromatic ring is 1. The number of nitrogens with zero attached hydrogens (tertiary/aromatic N) is 3. The molecule has 0 saturated carbocycles. The van der Waals surface area contributed by atoms with E-state index in [1.165, 1.54) is 5.56 Å². The van der Waals surface area contributed by atoms with Gasteiger partial charge in [-0.3, -0.25) is 4.98 Å². The maximum Gasteiger partial charge on any atom is 0.147 e. The third-order valence-corrected chi connectivity index (χ3v) is 3.73. The molecule has 0 spiro atoms. The number of aromatic nitrogens is 2. The molecule has 0 amide bonds. The van der Waals surface area contributed by atoms with Crippen molar-refractivity contribution in [3.8, 4) is 11.3 Å². The second-order valence-corrected chi connectivity index (χ2v) is 4.78. The molecule has 2 aromatic heterocycles. The van der Waals surface area contributed by atoms with Gasteiger partial charge in [0, 0.05) is 30.6 Å². The predicted molar refractivity (Wildman–Crippen MR) is 73.4 cm³/mol. The van der Waals surface area contributed by atoms with E-state index < -0.39 is 0 Å². The first-order valence-corrected chi connectivity index (χ1v) is 6.04. The van der Waals surface area contributed by atoms with Gasteiger partial charge in [-0.1, -0.05) is 6.07 Å². The lowest BCUT2D eigenvalue weighted by Crippen LogP contribution is -2.28. The van der Waals surface area contributed by atoms with Crippen LogP contribution < -0.4 is 10.6 Å². The molecule has 1 aliphatic heterocycles. The standard InChI is InChI=1S/C14H16N4/c1-8-7-17-14(15)13-11(8)12-10(5-4-6-16-12)9(2)18(13)3/h4-7,9H,1-3H3,(H2,15,17). The third kappa shape index (κ3) is 1.32. The van der Waals surface area contributed by atoms with Gasteiger partial charge in [-0.15, -0.1) is 0 Å². The highest BCUT2D eigenvalue weighted by atomic mass is 15.2. The van der Waals surface area contributed by atoms with Crippen LogP contribution in [0.5, 0.6) is 0 Å². The van der Waals surface area contributed by atoms with Gasteiger partial charge in [0.15, 0.2) is 0 Å². The Morgan fingerprint density at radius 3 is 2.89 bits per heavy atom. The van der Waals surface area contributed by atoms with Gasteiger partial charge >= 0.3 is 0 Å². The summed E-state index contributed by atoms with van der Waals surface area (Å²) in [5, 5.41) is 0. The van der Waals surface area contributed by atoms with Crippen molar-refractivity contribution in [2.24, 2.45) is 0 Å². The highest BCUT2D eigenvalue weighted by molar-refractivity contribution is 5.89. The zero-order chi connectivity index (χ0) is 12.9. The number of hydrogen-bond donors (Lipinski definition) is 1. The van der Waals surface area contributed by atoms with Crippen LogP contribution in [0.1, 0.15) is 24.1 Å². The first kappa shape index (κ1) is 11.0. The first-order valence-electron chi connectivity index (χ1n) is 6.04. The molecule has 92 valence electrons. The highest BCUT2D eigenvalue weighted by Crippen LogP contribution is 2.45. The molecule has 0 radical (unpaired) electrons. The zero-order valence-corrected chi connectivity index (χ0v) is 10.8. The fraction of sp³-hybridized carbons (Fsp3) is 0.286. The van der Waals surface area contributed by atoms with Crippen LogP contribution in [0.2, 0.25) is 0 Å². The summed E-state index contributed by atoms with van der Waals surface area (Å²) in [7, 11) is 2.05. The summed E-state index contributed by atoms with van der Waals surface area (Å²) in [6.45, 7) is 4.21. The van der Waals surface area contributed by atoms with Crippen LogP contribution in [0.4, 0.5) is 11.5 Å². The second-order valence-electron chi connectivity index (χ2n) is 4.78. The molecule has 0 aromatic carbocycles. The molecule has 4 nitrogen and oxygen atoms in total. The van der Waals surface area contributed by atoms with Gasteiger partial charge in [-0.25, -0.2) is 4.98 Å². The number of rotatable bonds is 0. The van der Waals surface area contributed by atoms with Gasteiger partial charge in [0.2, 0.25) is 0 Å². The monoisotopic (exact) mass is 240 g/mol. The lowest BCUT2D eigenvalue weighted by molar-refractivity contribution is 0.726. The summed E-state index contributed by atoms with van der Waals surface area (Å²) < 4.78 is 0. The van der Waals surface area contributed by atoms with Crippen molar-refractivity contribution >= 4 is 11.5 Å². The van der Waals surface area contributed by atoms with Crippen LogP contribution in [0, 0.1) is 6.92 Å². The summed E-state index contributed by atoms with van der Waals surface area (Å²) in [5.41, 5.74) is 11.5. The lowest BCUT2D eigenvalue weighted by Gasteiger charge is -2.36. The number of pyridine rings is 2. The van der Waals surface area contributed by atoms with Gasteiger partial charge in [0.05, 0.1) is 17.4 Å². The van der Waals surface area contributed by atoms with Crippen molar-refractivity contribution in [1.29, 1.82) is 0 Å². The first-order chi connectivity index (χ1) is 8.61. The van der Waals surface area contributed by atoms with Crippen molar-refractivity contribution in [2.45, 2.75) is 19.9 Å². The minimum absolute atomic E-state index is 0.257. The maximum atomic E-state index is 6.04. The Kier molecular flexibility index (Phi) is 2.26. The average molecular weight is 240 g/mol.